The van der Waals surface area contributed by atoms with Gasteiger partial charge in [0.2, 0.25) is 0 Å². The molecule has 0 atom stereocenters. The molecule has 7 nitrogen and oxygen atoms in total. The lowest BCUT2D eigenvalue weighted by molar-refractivity contribution is -0.146. The predicted octanol–water partition coefficient (Wildman–Crippen LogP) is 1.21. The summed E-state index contributed by atoms with van der Waals surface area (Å²) in [6, 6.07) is 7.64. The van der Waals surface area contributed by atoms with Crippen LogP contribution in [-0.2, 0) is 9.59 Å². The first-order valence-electron chi connectivity index (χ1n) is 8.97. The number of rotatable bonds is 4. The Labute approximate surface area is 163 Å². The average Bonchev–Trinajstić information content (AvgIpc) is 2.66. The number of benzene rings is 1. The predicted molar refractivity (Wildman–Crippen MR) is 107 cm³/mol. The van der Waals surface area contributed by atoms with Crippen LogP contribution in [0.1, 0.15) is 0 Å². The van der Waals surface area contributed by atoms with Gasteiger partial charge in [0.15, 0.2) is 0 Å². The largest absolute Gasteiger partial charge is 0.367 e. The van der Waals surface area contributed by atoms with Gasteiger partial charge in [0.1, 0.15) is 0 Å². The van der Waals surface area contributed by atoms with Crippen molar-refractivity contribution < 1.29 is 9.59 Å². The molecule has 0 saturated carbocycles. The van der Waals surface area contributed by atoms with E-state index in [-0.39, 0.29) is 0 Å². The number of hydrogen-bond donors (Lipinski definition) is 1. The number of carbonyl (C=O) groups is 2. The number of amides is 2. The van der Waals surface area contributed by atoms with Crippen LogP contribution < -0.4 is 10.2 Å². The lowest BCUT2D eigenvalue weighted by Crippen LogP contribution is -2.53. The zero-order valence-electron chi connectivity index (χ0n) is 15.6. The van der Waals surface area contributed by atoms with Crippen LogP contribution in [0.25, 0.3) is 10.9 Å². The van der Waals surface area contributed by atoms with Gasteiger partial charge in [0.25, 0.3) is 0 Å². The number of hydrogen-bond acceptors (Lipinski definition) is 5. The summed E-state index contributed by atoms with van der Waals surface area (Å²) < 4.78 is 0. The summed E-state index contributed by atoms with van der Waals surface area (Å²) in [5.41, 5.74) is 1.91. The monoisotopic (exact) mass is 389 g/mol. The van der Waals surface area contributed by atoms with Crippen LogP contribution in [0.15, 0.2) is 30.5 Å². The first kappa shape index (κ1) is 19.4. The van der Waals surface area contributed by atoms with Crippen LogP contribution in [0.5, 0.6) is 0 Å². The van der Waals surface area contributed by atoms with Crippen molar-refractivity contribution in [2.24, 2.45) is 0 Å². The number of nitrogens with one attached hydrogen (secondary N) is 1. The normalized spacial score (nSPS) is 14.7. The van der Waals surface area contributed by atoms with Crippen molar-refractivity contribution in [1.82, 2.24) is 20.1 Å². The van der Waals surface area contributed by atoms with Crippen LogP contribution >= 0.6 is 11.6 Å². The fourth-order valence-corrected chi connectivity index (χ4v) is 3.31. The Morgan fingerprint density at radius 3 is 2.63 bits per heavy atom. The number of piperazine rings is 1. The Balaban J connectivity index is 1.61. The molecule has 8 heteroatoms. The van der Waals surface area contributed by atoms with E-state index in [4.69, 9.17) is 11.6 Å². The molecule has 144 valence electrons. The zero-order chi connectivity index (χ0) is 19.4. The van der Waals surface area contributed by atoms with Gasteiger partial charge in [0, 0.05) is 61.6 Å². The van der Waals surface area contributed by atoms with Gasteiger partial charge in [-0.1, -0.05) is 11.6 Å². The molecule has 3 rings (SSSR count). The molecule has 1 saturated heterocycles. The van der Waals surface area contributed by atoms with Crippen molar-refractivity contribution in [2.75, 3.05) is 58.3 Å². The molecule has 2 amide bonds. The summed E-state index contributed by atoms with van der Waals surface area (Å²) in [6.07, 6.45) is 1.77. The highest BCUT2D eigenvalue weighted by atomic mass is 35.5. The number of carbonyl (C=O) groups excluding carboxylic acids is 2. The quantitative estimate of drug-likeness (QED) is 0.796. The minimum Gasteiger partial charge on any atom is -0.367 e. The highest BCUT2D eigenvalue weighted by molar-refractivity contribution is 6.35. The molecule has 1 aliphatic rings. The Hall–Kier alpha value is -2.38. The van der Waals surface area contributed by atoms with Gasteiger partial charge in [-0.2, -0.15) is 0 Å². The molecule has 1 aromatic carbocycles. The van der Waals surface area contributed by atoms with Gasteiger partial charge in [-0.3, -0.25) is 14.6 Å². The van der Waals surface area contributed by atoms with Gasteiger partial charge < -0.3 is 20.0 Å². The summed E-state index contributed by atoms with van der Waals surface area (Å²) in [4.78, 5) is 34.5. The molecule has 2 aromatic rings. The minimum absolute atomic E-state index is 0.459. The second-order valence-corrected chi connectivity index (χ2v) is 7.27. The van der Waals surface area contributed by atoms with Gasteiger partial charge in [0.05, 0.1) is 5.52 Å². The van der Waals surface area contributed by atoms with Crippen LogP contribution in [0, 0.1) is 0 Å². The third-order valence-corrected chi connectivity index (χ3v) is 4.86. The molecular weight excluding hydrogens is 366 g/mol. The maximum Gasteiger partial charge on any atom is 0.312 e. The molecule has 0 radical (unpaired) electrons. The maximum absolute atomic E-state index is 12.3. The van der Waals surface area contributed by atoms with Crippen molar-refractivity contribution in [2.45, 2.75) is 0 Å². The molecule has 27 heavy (non-hydrogen) atoms. The summed E-state index contributed by atoms with van der Waals surface area (Å²) >= 11 is 6.06. The van der Waals surface area contributed by atoms with Gasteiger partial charge in [-0.25, -0.2) is 0 Å². The highest BCUT2D eigenvalue weighted by Gasteiger charge is 2.26. The summed E-state index contributed by atoms with van der Waals surface area (Å²) in [5, 5.41) is 4.36. The SMILES string of the molecule is CN(C)CCNC(=O)C(=O)N1CCN(c2ccnc3cc(Cl)ccc23)CC1. The van der Waals surface area contributed by atoms with E-state index >= 15 is 0 Å². The third-order valence-electron chi connectivity index (χ3n) is 4.63. The molecule has 2 heterocycles. The van der Waals surface area contributed by atoms with E-state index in [1.54, 1.807) is 11.1 Å². The minimum atomic E-state index is -0.533. The summed E-state index contributed by atoms with van der Waals surface area (Å²) in [5.74, 6) is -0.992. The number of likely N-dealkylation sites (N-methyl/N-ethyl adjacent to an activating group) is 1. The molecule has 1 aliphatic heterocycles. The van der Waals surface area contributed by atoms with E-state index < -0.39 is 11.8 Å². The third kappa shape index (κ3) is 4.67. The standard InChI is InChI=1S/C19H24ClN5O2/c1-23(2)8-7-22-18(26)19(27)25-11-9-24(10-12-25)17-5-6-21-16-13-14(20)3-4-15(16)17/h3-6,13H,7-12H2,1-2H3,(H,22,26). The van der Waals surface area contributed by atoms with Gasteiger partial charge in [-0.15, -0.1) is 0 Å². The molecule has 1 aromatic heterocycles. The van der Waals surface area contributed by atoms with E-state index in [2.05, 4.69) is 15.2 Å². The molecule has 0 unspecified atom stereocenters. The number of halogens is 1. The number of pyridine rings is 1. The lowest BCUT2D eigenvalue weighted by atomic mass is 10.1. The number of nitrogens with zero attached hydrogens (tertiary/aromatic N) is 4. The lowest BCUT2D eigenvalue weighted by Gasteiger charge is -2.36. The van der Waals surface area contributed by atoms with E-state index in [1.165, 1.54) is 0 Å². The van der Waals surface area contributed by atoms with Crippen molar-refractivity contribution >= 4 is 40.0 Å². The highest BCUT2D eigenvalue weighted by Crippen LogP contribution is 2.28. The van der Waals surface area contributed by atoms with Crippen molar-refractivity contribution in [3.05, 3.63) is 35.5 Å². The Bertz CT molecular complexity index is 834. The number of fused-ring (bicyclic) bond motifs is 1. The Morgan fingerprint density at radius 1 is 1.19 bits per heavy atom. The molecule has 1 N–H and O–H groups in total. The average molecular weight is 390 g/mol. The van der Waals surface area contributed by atoms with Crippen LogP contribution in [0.2, 0.25) is 5.02 Å². The van der Waals surface area contributed by atoms with E-state index in [0.29, 0.717) is 44.3 Å². The fourth-order valence-electron chi connectivity index (χ4n) is 3.14. The molecule has 0 aliphatic carbocycles. The summed E-state index contributed by atoms with van der Waals surface area (Å²) in [7, 11) is 3.84. The van der Waals surface area contributed by atoms with Crippen LogP contribution in [-0.4, -0.2) is 80.0 Å². The molecule has 0 spiro atoms. The maximum atomic E-state index is 12.3. The zero-order valence-corrected chi connectivity index (χ0v) is 16.4. The van der Waals surface area contributed by atoms with Crippen molar-refractivity contribution in [3.8, 4) is 0 Å². The van der Waals surface area contributed by atoms with E-state index in [9.17, 15) is 9.59 Å². The topological polar surface area (TPSA) is 68.8 Å². The Morgan fingerprint density at radius 2 is 1.93 bits per heavy atom. The second kappa shape index (κ2) is 8.54. The fraction of sp³-hybridized carbons (Fsp3) is 0.421. The number of anilines is 1. The smallest absolute Gasteiger partial charge is 0.312 e. The van der Waals surface area contributed by atoms with Crippen LogP contribution in [0.4, 0.5) is 5.69 Å². The molecule has 1 fully saturated rings. The molecular formula is C19H24ClN5O2. The first-order chi connectivity index (χ1) is 13.0. The van der Waals surface area contributed by atoms with Crippen molar-refractivity contribution in [1.29, 1.82) is 0 Å². The van der Waals surface area contributed by atoms with E-state index in [0.717, 1.165) is 16.6 Å². The molecule has 0 bridgehead atoms. The Kier molecular flexibility index (Phi) is 6.13. The van der Waals surface area contributed by atoms with Crippen LogP contribution in [0.3, 0.4) is 0 Å². The van der Waals surface area contributed by atoms with Gasteiger partial charge in [-0.05, 0) is 38.4 Å². The number of aromatic nitrogens is 1. The first-order valence-corrected chi connectivity index (χ1v) is 9.34. The second-order valence-electron chi connectivity index (χ2n) is 6.83. The summed E-state index contributed by atoms with van der Waals surface area (Å²) in [6.45, 7) is 3.51. The van der Waals surface area contributed by atoms with E-state index in [1.807, 2.05) is 43.3 Å². The van der Waals surface area contributed by atoms with Crippen molar-refractivity contribution in [3.63, 3.8) is 0 Å². The van der Waals surface area contributed by atoms with Gasteiger partial charge >= 0.3 is 11.8 Å².